The number of nitrogens with one attached hydrogen (secondary N) is 2. The molecule has 0 spiro atoms. The molecule has 0 bridgehead atoms. The van der Waals surface area contributed by atoms with Crippen LogP contribution >= 0.6 is 0 Å². The third-order valence-electron chi connectivity index (χ3n) is 4.29. The molecular weight excluding hydrogens is 294 g/mol. The molecule has 0 radical (unpaired) electrons. The van der Waals surface area contributed by atoms with E-state index in [0.29, 0.717) is 19.7 Å². The summed E-state index contributed by atoms with van der Waals surface area (Å²) in [4.78, 5) is 14.4. The summed E-state index contributed by atoms with van der Waals surface area (Å²) in [6.45, 7) is 4.28. The van der Waals surface area contributed by atoms with Crippen molar-refractivity contribution in [1.29, 1.82) is 0 Å². The van der Waals surface area contributed by atoms with Gasteiger partial charge >= 0.3 is 0 Å². The molecule has 3 rings (SSSR count). The van der Waals surface area contributed by atoms with Crippen molar-refractivity contribution in [1.82, 2.24) is 15.5 Å². The Morgan fingerprint density at radius 3 is 3.09 bits per heavy atom. The zero-order valence-electron chi connectivity index (χ0n) is 13.6. The normalized spacial score (nSPS) is 24.6. The molecular formula is C17H25N3O3. The minimum atomic E-state index is 0.0101. The fraction of sp³-hybridized carbons (Fsp3) is 0.588. The van der Waals surface area contributed by atoms with Crippen molar-refractivity contribution in [3.63, 3.8) is 0 Å². The second kappa shape index (κ2) is 7.77. The summed E-state index contributed by atoms with van der Waals surface area (Å²) in [6.07, 6.45) is 0.963. The molecule has 6 nitrogen and oxygen atoms in total. The first kappa shape index (κ1) is 16.2. The smallest absolute Gasteiger partial charge is 0.234 e. The monoisotopic (exact) mass is 319 g/mol. The van der Waals surface area contributed by atoms with Crippen molar-refractivity contribution >= 4 is 5.91 Å². The summed E-state index contributed by atoms with van der Waals surface area (Å²) in [5.74, 6) is 0.881. The second-order valence-electron chi connectivity index (χ2n) is 6.18. The number of carbonyl (C=O) groups is 1. The average Bonchev–Trinajstić information content (AvgIpc) is 2.55. The minimum Gasteiger partial charge on any atom is -0.493 e. The van der Waals surface area contributed by atoms with E-state index in [9.17, 15) is 4.79 Å². The molecule has 0 aromatic heterocycles. The van der Waals surface area contributed by atoms with E-state index in [2.05, 4.69) is 22.6 Å². The van der Waals surface area contributed by atoms with E-state index in [1.54, 1.807) is 0 Å². The van der Waals surface area contributed by atoms with Crippen LogP contribution in [-0.2, 0) is 9.53 Å². The molecule has 0 saturated carbocycles. The Morgan fingerprint density at radius 1 is 1.35 bits per heavy atom. The van der Waals surface area contributed by atoms with Crippen molar-refractivity contribution in [2.75, 3.05) is 46.4 Å². The van der Waals surface area contributed by atoms with Crippen molar-refractivity contribution in [3.05, 3.63) is 29.8 Å². The van der Waals surface area contributed by atoms with E-state index >= 15 is 0 Å². The van der Waals surface area contributed by atoms with Gasteiger partial charge in [0, 0.05) is 31.6 Å². The molecule has 1 aromatic rings. The van der Waals surface area contributed by atoms with E-state index in [0.717, 1.165) is 37.4 Å². The summed E-state index contributed by atoms with van der Waals surface area (Å²) in [7, 11) is 2.09. The van der Waals surface area contributed by atoms with E-state index in [4.69, 9.17) is 9.47 Å². The lowest BCUT2D eigenvalue weighted by atomic mass is 10.0. The lowest BCUT2D eigenvalue weighted by Crippen LogP contribution is -2.46. The van der Waals surface area contributed by atoms with Crippen LogP contribution in [0.15, 0.2) is 24.3 Å². The summed E-state index contributed by atoms with van der Waals surface area (Å²) in [6, 6.07) is 7.92. The Bertz CT molecular complexity index is 538. The number of nitrogens with zero attached hydrogens (tertiary/aromatic N) is 1. The van der Waals surface area contributed by atoms with Gasteiger partial charge in [0.2, 0.25) is 5.91 Å². The third kappa shape index (κ3) is 4.43. The lowest BCUT2D eigenvalue weighted by molar-refractivity contribution is -0.121. The highest BCUT2D eigenvalue weighted by Gasteiger charge is 2.23. The number of rotatable bonds is 5. The molecule has 1 aromatic carbocycles. The highest BCUT2D eigenvalue weighted by molar-refractivity contribution is 5.78. The molecule has 2 aliphatic heterocycles. The third-order valence-corrected chi connectivity index (χ3v) is 4.29. The highest BCUT2D eigenvalue weighted by Crippen LogP contribution is 2.31. The molecule has 2 N–H and O–H groups in total. The van der Waals surface area contributed by atoms with Crippen LogP contribution < -0.4 is 15.4 Å². The Labute approximate surface area is 137 Å². The number of carbonyl (C=O) groups excluding carboxylic acids is 1. The van der Waals surface area contributed by atoms with Gasteiger partial charge in [0.1, 0.15) is 5.75 Å². The largest absolute Gasteiger partial charge is 0.493 e. The number of morpholine rings is 1. The summed E-state index contributed by atoms with van der Waals surface area (Å²) in [5.41, 5.74) is 1.06. The average molecular weight is 319 g/mol. The van der Waals surface area contributed by atoms with E-state index in [-0.39, 0.29) is 18.1 Å². The number of hydrogen-bond donors (Lipinski definition) is 2. The zero-order valence-corrected chi connectivity index (χ0v) is 13.6. The highest BCUT2D eigenvalue weighted by atomic mass is 16.5. The topological polar surface area (TPSA) is 62.8 Å². The molecule has 6 heteroatoms. The Morgan fingerprint density at radius 2 is 2.22 bits per heavy atom. The van der Waals surface area contributed by atoms with Gasteiger partial charge in [-0.25, -0.2) is 0 Å². The molecule has 2 aliphatic rings. The quantitative estimate of drug-likeness (QED) is 0.830. The van der Waals surface area contributed by atoms with Gasteiger partial charge in [-0.1, -0.05) is 18.2 Å². The van der Waals surface area contributed by atoms with Crippen LogP contribution in [0.4, 0.5) is 0 Å². The van der Waals surface area contributed by atoms with Crippen LogP contribution in [0.5, 0.6) is 5.75 Å². The van der Waals surface area contributed by atoms with Gasteiger partial charge < -0.3 is 25.0 Å². The Hall–Kier alpha value is -1.63. The van der Waals surface area contributed by atoms with Crippen LogP contribution in [0, 0.1) is 0 Å². The fourth-order valence-corrected chi connectivity index (χ4v) is 3.07. The van der Waals surface area contributed by atoms with Crippen molar-refractivity contribution in [3.8, 4) is 5.75 Å². The van der Waals surface area contributed by atoms with Gasteiger partial charge in [-0.2, -0.15) is 0 Å². The molecule has 2 atom stereocenters. The Balaban J connectivity index is 1.43. The number of likely N-dealkylation sites (N-methyl/N-ethyl adjacent to an activating group) is 1. The first-order chi connectivity index (χ1) is 11.2. The van der Waals surface area contributed by atoms with Crippen molar-refractivity contribution < 1.29 is 14.3 Å². The molecule has 1 amide bonds. The standard InChI is InChI=1S/C17H25N3O3/c1-20-7-9-22-13(12-20)10-18-11-17(21)19-15-6-8-23-16-5-3-2-4-14(15)16/h2-5,13,15,18H,6-12H2,1H3,(H,19,21)/t13-,15-/m0/s1. The maximum atomic E-state index is 12.2. The minimum absolute atomic E-state index is 0.0101. The summed E-state index contributed by atoms with van der Waals surface area (Å²) < 4.78 is 11.3. The van der Waals surface area contributed by atoms with Crippen LogP contribution in [0.1, 0.15) is 18.0 Å². The first-order valence-electron chi connectivity index (χ1n) is 8.24. The van der Waals surface area contributed by atoms with E-state index < -0.39 is 0 Å². The zero-order chi connectivity index (χ0) is 16.1. The van der Waals surface area contributed by atoms with Gasteiger partial charge in [-0.05, 0) is 13.1 Å². The molecule has 0 unspecified atom stereocenters. The Kier molecular flexibility index (Phi) is 5.48. The molecule has 126 valence electrons. The number of benzene rings is 1. The van der Waals surface area contributed by atoms with Crippen molar-refractivity contribution in [2.45, 2.75) is 18.6 Å². The molecule has 2 heterocycles. The fourth-order valence-electron chi connectivity index (χ4n) is 3.07. The predicted molar refractivity (Wildman–Crippen MR) is 87.5 cm³/mol. The maximum Gasteiger partial charge on any atom is 0.234 e. The lowest BCUT2D eigenvalue weighted by Gasteiger charge is -2.30. The van der Waals surface area contributed by atoms with E-state index in [1.807, 2.05) is 24.3 Å². The van der Waals surface area contributed by atoms with Crippen LogP contribution in [0.3, 0.4) is 0 Å². The van der Waals surface area contributed by atoms with Gasteiger partial charge in [-0.15, -0.1) is 0 Å². The molecule has 23 heavy (non-hydrogen) atoms. The van der Waals surface area contributed by atoms with Gasteiger partial charge in [-0.3, -0.25) is 4.79 Å². The van der Waals surface area contributed by atoms with Gasteiger partial charge in [0.25, 0.3) is 0 Å². The van der Waals surface area contributed by atoms with Crippen LogP contribution in [0.2, 0.25) is 0 Å². The number of fused-ring (bicyclic) bond motifs is 1. The number of para-hydroxylation sites is 1. The van der Waals surface area contributed by atoms with Crippen LogP contribution in [0.25, 0.3) is 0 Å². The molecule has 0 aliphatic carbocycles. The van der Waals surface area contributed by atoms with Crippen molar-refractivity contribution in [2.24, 2.45) is 0 Å². The number of amides is 1. The van der Waals surface area contributed by atoms with Crippen LogP contribution in [-0.4, -0.2) is 63.4 Å². The second-order valence-corrected chi connectivity index (χ2v) is 6.18. The van der Waals surface area contributed by atoms with Gasteiger partial charge in [0.15, 0.2) is 0 Å². The number of ether oxygens (including phenoxy) is 2. The molecule has 1 fully saturated rings. The van der Waals surface area contributed by atoms with Gasteiger partial charge in [0.05, 0.1) is 31.9 Å². The molecule has 1 saturated heterocycles. The number of hydrogen-bond acceptors (Lipinski definition) is 5. The SMILES string of the molecule is CN1CCO[C@@H](CNCC(=O)N[C@H]2CCOc3ccccc32)C1. The summed E-state index contributed by atoms with van der Waals surface area (Å²) in [5, 5.41) is 6.28. The summed E-state index contributed by atoms with van der Waals surface area (Å²) >= 11 is 0. The first-order valence-corrected chi connectivity index (χ1v) is 8.24. The maximum absolute atomic E-state index is 12.2. The van der Waals surface area contributed by atoms with E-state index in [1.165, 1.54) is 0 Å². The predicted octanol–water partition coefficient (Wildman–Crippen LogP) is 0.547.